The number of hydrogen-bond donors (Lipinski definition) is 2. The summed E-state index contributed by atoms with van der Waals surface area (Å²) < 4.78 is 14.6. The predicted octanol–water partition coefficient (Wildman–Crippen LogP) is -0.770. The van der Waals surface area contributed by atoms with E-state index in [2.05, 4.69) is 4.74 Å². The number of ether oxygens (including phenoxy) is 3. The van der Waals surface area contributed by atoms with Gasteiger partial charge in [0.05, 0.1) is 25.2 Å². The highest BCUT2D eigenvalue weighted by Crippen LogP contribution is 2.30. The third kappa shape index (κ3) is 2.93. The average molecular weight is 248 g/mol. The molecule has 7 nitrogen and oxygen atoms in total. The number of aliphatic hydroxyl groups excluding tert-OH is 1. The third-order valence-corrected chi connectivity index (χ3v) is 2.61. The summed E-state index contributed by atoms with van der Waals surface area (Å²) in [5.41, 5.74) is 0. The fourth-order valence-corrected chi connectivity index (χ4v) is 1.86. The second-order valence-corrected chi connectivity index (χ2v) is 3.65. The number of carbonyl (C=O) groups is 2. The Morgan fingerprint density at radius 3 is 2.65 bits per heavy atom. The summed E-state index contributed by atoms with van der Waals surface area (Å²) in [5.74, 6) is -4.70. The standard InChI is InChI=1S/C10H16O7/c1-3-16-9(14)7(8(12)13)6-5(11)4-17-10(6)15-2/h5-7,10-11H,3-4H2,1-2H3,(H,12,13). The predicted molar refractivity (Wildman–Crippen MR) is 54.0 cm³/mol. The van der Waals surface area contributed by atoms with Crippen molar-refractivity contribution in [3.8, 4) is 0 Å². The van der Waals surface area contributed by atoms with Crippen molar-refractivity contribution in [2.75, 3.05) is 20.3 Å². The maximum Gasteiger partial charge on any atom is 0.320 e. The summed E-state index contributed by atoms with van der Waals surface area (Å²) in [6.07, 6.45) is -1.99. The molecule has 0 aromatic carbocycles. The van der Waals surface area contributed by atoms with E-state index in [-0.39, 0.29) is 13.2 Å². The number of esters is 1. The number of carboxylic acid groups (broad SMARTS) is 1. The van der Waals surface area contributed by atoms with Gasteiger partial charge in [0.25, 0.3) is 0 Å². The van der Waals surface area contributed by atoms with Crippen LogP contribution in [0.3, 0.4) is 0 Å². The van der Waals surface area contributed by atoms with Crippen LogP contribution in [0.5, 0.6) is 0 Å². The second-order valence-electron chi connectivity index (χ2n) is 3.65. The number of rotatable bonds is 5. The van der Waals surface area contributed by atoms with Gasteiger partial charge in [-0.1, -0.05) is 0 Å². The average Bonchev–Trinajstić information content (AvgIpc) is 2.61. The number of hydrogen-bond acceptors (Lipinski definition) is 6. The molecule has 7 heteroatoms. The first-order valence-electron chi connectivity index (χ1n) is 5.24. The van der Waals surface area contributed by atoms with Crippen LogP contribution in [0.2, 0.25) is 0 Å². The van der Waals surface area contributed by atoms with Gasteiger partial charge in [0.1, 0.15) is 0 Å². The maximum absolute atomic E-state index is 11.6. The van der Waals surface area contributed by atoms with Crippen molar-refractivity contribution in [1.82, 2.24) is 0 Å². The lowest BCUT2D eigenvalue weighted by atomic mass is 9.88. The molecule has 0 spiro atoms. The van der Waals surface area contributed by atoms with E-state index in [1.165, 1.54) is 7.11 Å². The number of carboxylic acids is 1. The van der Waals surface area contributed by atoms with Gasteiger partial charge in [-0.3, -0.25) is 9.59 Å². The van der Waals surface area contributed by atoms with Crippen molar-refractivity contribution in [1.29, 1.82) is 0 Å². The van der Waals surface area contributed by atoms with Crippen molar-refractivity contribution in [3.63, 3.8) is 0 Å². The summed E-state index contributed by atoms with van der Waals surface area (Å²) in [6, 6.07) is 0. The highest BCUT2D eigenvalue weighted by Gasteiger charge is 2.49. The molecule has 1 aliphatic heterocycles. The molecular weight excluding hydrogens is 232 g/mol. The van der Waals surface area contributed by atoms with Crippen molar-refractivity contribution in [2.45, 2.75) is 19.3 Å². The molecule has 0 aliphatic carbocycles. The van der Waals surface area contributed by atoms with E-state index < -0.39 is 36.2 Å². The zero-order valence-electron chi connectivity index (χ0n) is 9.66. The van der Waals surface area contributed by atoms with Gasteiger partial charge in [-0.05, 0) is 6.92 Å². The lowest BCUT2D eigenvalue weighted by Gasteiger charge is -2.23. The first-order chi connectivity index (χ1) is 8.02. The molecule has 4 atom stereocenters. The Morgan fingerprint density at radius 1 is 1.53 bits per heavy atom. The minimum atomic E-state index is -1.49. The van der Waals surface area contributed by atoms with Crippen molar-refractivity contribution >= 4 is 11.9 Å². The Morgan fingerprint density at radius 2 is 2.18 bits per heavy atom. The van der Waals surface area contributed by atoms with Crippen LogP contribution in [0.15, 0.2) is 0 Å². The highest BCUT2D eigenvalue weighted by atomic mass is 16.7. The highest BCUT2D eigenvalue weighted by molar-refractivity contribution is 5.94. The van der Waals surface area contributed by atoms with Gasteiger partial charge >= 0.3 is 11.9 Å². The van der Waals surface area contributed by atoms with Crippen LogP contribution in [-0.4, -0.2) is 54.9 Å². The molecule has 0 amide bonds. The topological polar surface area (TPSA) is 102 Å². The summed E-state index contributed by atoms with van der Waals surface area (Å²) in [7, 11) is 1.32. The SMILES string of the molecule is CCOC(=O)C(C(=O)O)C1C(O)COC1OC. The molecule has 0 aromatic heterocycles. The van der Waals surface area contributed by atoms with Crippen molar-refractivity contribution in [2.24, 2.45) is 11.8 Å². The lowest BCUT2D eigenvalue weighted by molar-refractivity contribution is -0.173. The zero-order chi connectivity index (χ0) is 13.0. The molecule has 2 N–H and O–H groups in total. The third-order valence-electron chi connectivity index (χ3n) is 2.61. The van der Waals surface area contributed by atoms with E-state index in [0.29, 0.717) is 0 Å². The van der Waals surface area contributed by atoms with Crippen LogP contribution in [0.25, 0.3) is 0 Å². The lowest BCUT2D eigenvalue weighted by Crippen LogP contribution is -2.42. The molecule has 0 aromatic rings. The number of methoxy groups -OCH3 is 1. The fourth-order valence-electron chi connectivity index (χ4n) is 1.86. The molecule has 98 valence electrons. The number of aliphatic hydroxyl groups is 1. The summed E-state index contributed by atoms with van der Waals surface area (Å²) in [4.78, 5) is 22.6. The Bertz CT molecular complexity index is 290. The normalized spacial score (nSPS) is 29.9. The Balaban J connectivity index is 2.89. The molecule has 1 aliphatic rings. The summed E-state index contributed by atoms with van der Waals surface area (Å²) in [5, 5.41) is 18.7. The van der Waals surface area contributed by atoms with Crippen LogP contribution in [0.1, 0.15) is 6.92 Å². The van der Waals surface area contributed by atoms with Crippen LogP contribution < -0.4 is 0 Å². The molecule has 0 saturated carbocycles. The minimum absolute atomic E-state index is 0.0631. The Kier molecular flexibility index (Phi) is 4.86. The van der Waals surface area contributed by atoms with Crippen LogP contribution in [0, 0.1) is 11.8 Å². The summed E-state index contributed by atoms with van der Waals surface area (Å²) >= 11 is 0. The smallest absolute Gasteiger partial charge is 0.320 e. The van der Waals surface area contributed by atoms with Gasteiger partial charge in [-0.25, -0.2) is 0 Å². The van der Waals surface area contributed by atoms with E-state index in [1.807, 2.05) is 0 Å². The molecule has 17 heavy (non-hydrogen) atoms. The van der Waals surface area contributed by atoms with Gasteiger partial charge in [0.15, 0.2) is 12.2 Å². The van der Waals surface area contributed by atoms with E-state index in [1.54, 1.807) is 6.92 Å². The molecule has 4 unspecified atom stereocenters. The minimum Gasteiger partial charge on any atom is -0.481 e. The van der Waals surface area contributed by atoms with E-state index in [0.717, 1.165) is 0 Å². The molecule has 0 bridgehead atoms. The first-order valence-corrected chi connectivity index (χ1v) is 5.24. The van der Waals surface area contributed by atoms with Gasteiger partial charge in [-0.15, -0.1) is 0 Å². The van der Waals surface area contributed by atoms with Gasteiger partial charge in [0.2, 0.25) is 0 Å². The molecule has 1 saturated heterocycles. The van der Waals surface area contributed by atoms with Crippen LogP contribution in [-0.2, 0) is 23.8 Å². The second kappa shape index (κ2) is 5.95. The van der Waals surface area contributed by atoms with Gasteiger partial charge in [-0.2, -0.15) is 0 Å². The first kappa shape index (κ1) is 13.9. The molecule has 1 heterocycles. The molecule has 1 rings (SSSR count). The Hall–Kier alpha value is -1.18. The van der Waals surface area contributed by atoms with Crippen LogP contribution in [0.4, 0.5) is 0 Å². The van der Waals surface area contributed by atoms with Crippen molar-refractivity contribution in [3.05, 3.63) is 0 Å². The van der Waals surface area contributed by atoms with Crippen molar-refractivity contribution < 1.29 is 34.0 Å². The van der Waals surface area contributed by atoms with Gasteiger partial charge in [0, 0.05) is 7.11 Å². The van der Waals surface area contributed by atoms with E-state index in [4.69, 9.17) is 14.6 Å². The largest absolute Gasteiger partial charge is 0.481 e. The molecule has 0 radical (unpaired) electrons. The quantitative estimate of drug-likeness (QED) is 0.486. The van der Waals surface area contributed by atoms with E-state index in [9.17, 15) is 14.7 Å². The number of aliphatic carboxylic acids is 1. The number of carbonyl (C=O) groups excluding carboxylic acids is 1. The van der Waals surface area contributed by atoms with Crippen LogP contribution >= 0.6 is 0 Å². The van der Waals surface area contributed by atoms with Gasteiger partial charge < -0.3 is 24.4 Å². The summed E-state index contributed by atoms with van der Waals surface area (Å²) in [6.45, 7) is 1.59. The Labute approximate surface area is 98.3 Å². The zero-order valence-corrected chi connectivity index (χ0v) is 9.66. The maximum atomic E-state index is 11.6. The monoisotopic (exact) mass is 248 g/mol. The fraction of sp³-hybridized carbons (Fsp3) is 0.800. The van der Waals surface area contributed by atoms with E-state index >= 15 is 0 Å². The molecular formula is C10H16O7. The molecule has 1 fully saturated rings.